The maximum atomic E-state index is 5.92. The summed E-state index contributed by atoms with van der Waals surface area (Å²) in [6, 6.07) is 1.76. The van der Waals surface area contributed by atoms with Gasteiger partial charge < -0.3 is 5.73 Å². The van der Waals surface area contributed by atoms with Gasteiger partial charge in [0.25, 0.3) is 0 Å². The first-order valence-corrected chi connectivity index (χ1v) is 5.60. The van der Waals surface area contributed by atoms with E-state index in [1.165, 1.54) is 22.7 Å². The first-order chi connectivity index (χ1) is 6.16. The lowest BCUT2D eigenvalue weighted by Gasteiger charge is -1.87. The van der Waals surface area contributed by atoms with Gasteiger partial charge in [-0.05, 0) is 6.07 Å². The van der Waals surface area contributed by atoms with E-state index in [9.17, 15) is 0 Å². The summed E-state index contributed by atoms with van der Waals surface area (Å²) in [6.07, 6.45) is 0. The molecular formula is C6H3Cl2N3S2. The van der Waals surface area contributed by atoms with Crippen LogP contribution in [0, 0.1) is 0 Å². The molecule has 0 aromatic carbocycles. The molecule has 0 radical (unpaired) electrons. The minimum atomic E-state index is 0.424. The third-order valence-electron chi connectivity index (χ3n) is 1.33. The van der Waals surface area contributed by atoms with Crippen LogP contribution in [-0.4, -0.2) is 10.2 Å². The fourth-order valence-corrected chi connectivity index (χ4v) is 3.05. The van der Waals surface area contributed by atoms with Crippen LogP contribution in [-0.2, 0) is 0 Å². The second kappa shape index (κ2) is 3.42. The molecule has 0 unspecified atom stereocenters. The predicted octanol–water partition coefficient (Wildman–Crippen LogP) is 3.16. The van der Waals surface area contributed by atoms with Gasteiger partial charge >= 0.3 is 0 Å². The van der Waals surface area contributed by atoms with E-state index in [1.807, 2.05) is 0 Å². The van der Waals surface area contributed by atoms with E-state index in [0.717, 1.165) is 5.56 Å². The van der Waals surface area contributed by atoms with Crippen molar-refractivity contribution in [2.45, 2.75) is 0 Å². The SMILES string of the molecule is Nc1nnc(-c2cc(Cl)sc2Cl)s1. The van der Waals surface area contributed by atoms with Crippen molar-refractivity contribution in [2.24, 2.45) is 0 Å². The Bertz CT molecular complexity index is 437. The lowest BCUT2D eigenvalue weighted by Crippen LogP contribution is -1.79. The predicted molar refractivity (Wildman–Crippen MR) is 57.7 cm³/mol. The van der Waals surface area contributed by atoms with Crippen molar-refractivity contribution in [2.75, 3.05) is 5.73 Å². The number of thiophene rings is 1. The highest BCUT2D eigenvalue weighted by molar-refractivity contribution is 7.22. The lowest BCUT2D eigenvalue weighted by molar-refractivity contribution is 1.10. The van der Waals surface area contributed by atoms with Crippen LogP contribution in [0.5, 0.6) is 0 Å². The molecule has 2 aromatic rings. The summed E-state index contributed by atoms with van der Waals surface area (Å²) in [7, 11) is 0. The van der Waals surface area contributed by atoms with Crippen LogP contribution < -0.4 is 5.73 Å². The van der Waals surface area contributed by atoms with Crippen LogP contribution >= 0.6 is 45.9 Å². The largest absolute Gasteiger partial charge is 0.374 e. The molecule has 2 rings (SSSR count). The van der Waals surface area contributed by atoms with Gasteiger partial charge in [0, 0.05) is 5.56 Å². The zero-order valence-corrected chi connectivity index (χ0v) is 9.27. The van der Waals surface area contributed by atoms with Crippen molar-refractivity contribution in [3.63, 3.8) is 0 Å². The molecule has 0 aliphatic heterocycles. The minimum absolute atomic E-state index is 0.424. The third kappa shape index (κ3) is 1.78. The summed E-state index contributed by atoms with van der Waals surface area (Å²) in [6.45, 7) is 0. The molecule has 2 N–H and O–H groups in total. The van der Waals surface area contributed by atoms with Crippen molar-refractivity contribution < 1.29 is 0 Å². The monoisotopic (exact) mass is 251 g/mol. The molecule has 0 saturated carbocycles. The number of anilines is 1. The molecule has 2 aromatic heterocycles. The van der Waals surface area contributed by atoms with Gasteiger partial charge in [-0.25, -0.2) is 0 Å². The first-order valence-electron chi connectivity index (χ1n) is 3.21. The van der Waals surface area contributed by atoms with E-state index in [0.29, 0.717) is 18.8 Å². The zero-order chi connectivity index (χ0) is 9.42. The molecule has 0 saturated heterocycles. The van der Waals surface area contributed by atoms with Gasteiger partial charge in [0.1, 0.15) is 4.34 Å². The minimum Gasteiger partial charge on any atom is -0.374 e. The van der Waals surface area contributed by atoms with Crippen LogP contribution in [0.2, 0.25) is 8.67 Å². The summed E-state index contributed by atoms with van der Waals surface area (Å²) >= 11 is 14.3. The average molecular weight is 252 g/mol. The van der Waals surface area contributed by atoms with Crippen molar-refractivity contribution in [1.82, 2.24) is 10.2 Å². The van der Waals surface area contributed by atoms with Crippen molar-refractivity contribution >= 4 is 51.0 Å². The summed E-state index contributed by atoms with van der Waals surface area (Å²) in [5.41, 5.74) is 6.24. The van der Waals surface area contributed by atoms with E-state index in [2.05, 4.69) is 10.2 Å². The quantitative estimate of drug-likeness (QED) is 0.848. The highest BCUT2D eigenvalue weighted by atomic mass is 35.5. The van der Waals surface area contributed by atoms with Crippen LogP contribution in [0.25, 0.3) is 10.6 Å². The van der Waals surface area contributed by atoms with Crippen LogP contribution in [0.3, 0.4) is 0 Å². The molecule has 0 fully saturated rings. The van der Waals surface area contributed by atoms with E-state index in [1.54, 1.807) is 6.07 Å². The fourth-order valence-electron chi connectivity index (χ4n) is 0.829. The molecule has 2 heterocycles. The van der Waals surface area contributed by atoms with Gasteiger partial charge in [0.15, 0.2) is 5.01 Å². The molecular weight excluding hydrogens is 249 g/mol. The van der Waals surface area contributed by atoms with Gasteiger partial charge in [0.05, 0.1) is 4.34 Å². The van der Waals surface area contributed by atoms with Gasteiger partial charge in [-0.1, -0.05) is 34.5 Å². The maximum absolute atomic E-state index is 5.92. The smallest absolute Gasteiger partial charge is 0.203 e. The molecule has 0 aliphatic carbocycles. The Labute approximate surface area is 92.1 Å². The second-order valence-corrected chi connectivity index (χ2v) is 5.48. The molecule has 0 bridgehead atoms. The number of nitrogen functional groups attached to an aromatic ring is 1. The third-order valence-corrected chi connectivity index (χ3v) is 3.60. The number of nitrogens with zero attached hydrogens (tertiary/aromatic N) is 2. The number of rotatable bonds is 1. The van der Waals surface area contributed by atoms with Crippen LogP contribution in [0.4, 0.5) is 5.13 Å². The maximum Gasteiger partial charge on any atom is 0.203 e. The van der Waals surface area contributed by atoms with E-state index >= 15 is 0 Å². The van der Waals surface area contributed by atoms with Crippen LogP contribution in [0.1, 0.15) is 0 Å². The zero-order valence-electron chi connectivity index (χ0n) is 6.12. The first kappa shape index (κ1) is 9.21. The highest BCUT2D eigenvalue weighted by Crippen LogP contribution is 2.39. The van der Waals surface area contributed by atoms with Crippen molar-refractivity contribution in [1.29, 1.82) is 0 Å². The van der Waals surface area contributed by atoms with Gasteiger partial charge in [-0.3, -0.25) is 0 Å². The Morgan fingerprint density at radius 1 is 1.23 bits per heavy atom. The Balaban J connectivity index is 2.51. The average Bonchev–Trinajstić information content (AvgIpc) is 2.58. The molecule has 0 atom stereocenters. The molecule has 0 spiro atoms. The van der Waals surface area contributed by atoms with Crippen molar-refractivity contribution in [3.8, 4) is 10.6 Å². The fraction of sp³-hybridized carbons (Fsp3) is 0. The number of halogens is 2. The summed E-state index contributed by atoms with van der Waals surface area (Å²) < 4.78 is 1.25. The van der Waals surface area contributed by atoms with E-state index < -0.39 is 0 Å². The van der Waals surface area contributed by atoms with Crippen molar-refractivity contribution in [3.05, 3.63) is 14.7 Å². The Hall–Kier alpha value is -0.360. The molecule has 0 aliphatic rings. The second-order valence-electron chi connectivity index (χ2n) is 2.18. The molecule has 68 valence electrons. The Morgan fingerprint density at radius 2 is 2.00 bits per heavy atom. The van der Waals surface area contributed by atoms with Crippen LogP contribution in [0.15, 0.2) is 6.07 Å². The van der Waals surface area contributed by atoms with Gasteiger partial charge in [0.2, 0.25) is 5.13 Å². The molecule has 3 nitrogen and oxygen atoms in total. The Kier molecular flexibility index (Phi) is 2.42. The standard InChI is InChI=1S/C6H3Cl2N3S2/c7-3-1-2(4(8)12-3)5-10-11-6(9)13-5/h1H,(H2,9,11). The lowest BCUT2D eigenvalue weighted by atomic mass is 10.4. The van der Waals surface area contributed by atoms with Gasteiger partial charge in [-0.15, -0.1) is 21.5 Å². The summed E-state index contributed by atoms with van der Waals surface area (Å²) in [5.74, 6) is 0. The van der Waals surface area contributed by atoms with E-state index in [-0.39, 0.29) is 0 Å². The number of nitrogens with two attached hydrogens (primary N) is 1. The normalized spacial score (nSPS) is 10.6. The molecule has 0 amide bonds. The van der Waals surface area contributed by atoms with Gasteiger partial charge in [-0.2, -0.15) is 0 Å². The number of hydrogen-bond acceptors (Lipinski definition) is 5. The molecule has 7 heteroatoms. The number of hydrogen-bond donors (Lipinski definition) is 1. The van der Waals surface area contributed by atoms with E-state index in [4.69, 9.17) is 28.9 Å². The Morgan fingerprint density at radius 3 is 2.46 bits per heavy atom. The summed E-state index contributed by atoms with van der Waals surface area (Å²) in [5, 5.41) is 8.68. The number of aromatic nitrogens is 2. The molecule has 13 heavy (non-hydrogen) atoms. The topological polar surface area (TPSA) is 51.8 Å². The highest BCUT2D eigenvalue weighted by Gasteiger charge is 2.12. The summed E-state index contributed by atoms with van der Waals surface area (Å²) in [4.78, 5) is 0.